The standard InChI is InChI=1S/C14H26N4S/c1-5-7-15-9-13-10-16-14(17-11-13)18(3)12(2)6-8-19-4/h10-12,15H,5-9H2,1-4H3. The van der Waals surface area contributed by atoms with Crippen LogP contribution >= 0.6 is 11.8 Å². The van der Waals surface area contributed by atoms with Crippen molar-refractivity contribution in [2.75, 3.05) is 30.5 Å². The van der Waals surface area contributed by atoms with E-state index in [4.69, 9.17) is 0 Å². The van der Waals surface area contributed by atoms with Gasteiger partial charge in [-0.15, -0.1) is 0 Å². The Morgan fingerprint density at radius 3 is 2.63 bits per heavy atom. The number of nitrogens with zero attached hydrogens (tertiary/aromatic N) is 3. The third-order valence-electron chi connectivity index (χ3n) is 3.16. The van der Waals surface area contributed by atoms with Crippen molar-refractivity contribution >= 4 is 17.7 Å². The zero-order valence-electron chi connectivity index (χ0n) is 12.5. The fourth-order valence-corrected chi connectivity index (χ4v) is 2.29. The Labute approximate surface area is 121 Å². The Morgan fingerprint density at radius 2 is 2.05 bits per heavy atom. The van der Waals surface area contributed by atoms with E-state index in [0.717, 1.165) is 37.4 Å². The summed E-state index contributed by atoms with van der Waals surface area (Å²) < 4.78 is 0. The van der Waals surface area contributed by atoms with Crippen LogP contribution in [0.2, 0.25) is 0 Å². The Bertz CT molecular complexity index is 342. The lowest BCUT2D eigenvalue weighted by atomic mass is 10.2. The minimum atomic E-state index is 0.469. The van der Waals surface area contributed by atoms with Crippen LogP contribution in [-0.2, 0) is 6.54 Å². The molecule has 5 heteroatoms. The predicted octanol–water partition coefficient (Wildman–Crippen LogP) is 2.55. The van der Waals surface area contributed by atoms with Crippen LogP contribution in [-0.4, -0.2) is 41.6 Å². The van der Waals surface area contributed by atoms with Crippen molar-refractivity contribution in [3.8, 4) is 0 Å². The number of thioether (sulfide) groups is 1. The van der Waals surface area contributed by atoms with Gasteiger partial charge in [-0.25, -0.2) is 9.97 Å². The van der Waals surface area contributed by atoms with E-state index in [-0.39, 0.29) is 0 Å². The maximum atomic E-state index is 4.45. The molecule has 0 saturated carbocycles. The fraction of sp³-hybridized carbons (Fsp3) is 0.714. The zero-order chi connectivity index (χ0) is 14.1. The minimum absolute atomic E-state index is 0.469. The molecule has 1 heterocycles. The average Bonchev–Trinajstić information content (AvgIpc) is 2.45. The van der Waals surface area contributed by atoms with Crippen molar-refractivity contribution in [2.24, 2.45) is 0 Å². The Balaban J connectivity index is 2.50. The normalized spacial score (nSPS) is 12.4. The van der Waals surface area contributed by atoms with Crippen molar-refractivity contribution in [1.82, 2.24) is 15.3 Å². The Hall–Kier alpha value is -0.810. The molecule has 108 valence electrons. The Morgan fingerprint density at radius 1 is 1.37 bits per heavy atom. The molecule has 0 aromatic carbocycles. The van der Waals surface area contributed by atoms with E-state index in [1.54, 1.807) is 0 Å². The van der Waals surface area contributed by atoms with Crippen LogP contribution in [0.25, 0.3) is 0 Å². The second kappa shape index (κ2) is 9.15. The van der Waals surface area contributed by atoms with Crippen molar-refractivity contribution < 1.29 is 0 Å². The molecule has 0 bridgehead atoms. The van der Waals surface area contributed by atoms with E-state index in [0.29, 0.717) is 6.04 Å². The van der Waals surface area contributed by atoms with E-state index >= 15 is 0 Å². The van der Waals surface area contributed by atoms with Crippen LogP contribution in [0.3, 0.4) is 0 Å². The highest BCUT2D eigenvalue weighted by Crippen LogP contribution is 2.12. The molecule has 0 saturated heterocycles. The van der Waals surface area contributed by atoms with E-state index in [9.17, 15) is 0 Å². The summed E-state index contributed by atoms with van der Waals surface area (Å²) in [5.41, 5.74) is 1.14. The van der Waals surface area contributed by atoms with Gasteiger partial charge in [-0.1, -0.05) is 6.92 Å². The van der Waals surface area contributed by atoms with Crippen molar-refractivity contribution in [2.45, 2.75) is 39.3 Å². The van der Waals surface area contributed by atoms with Crippen molar-refractivity contribution in [1.29, 1.82) is 0 Å². The average molecular weight is 282 g/mol. The molecule has 4 nitrogen and oxygen atoms in total. The highest BCUT2D eigenvalue weighted by atomic mass is 32.2. The highest BCUT2D eigenvalue weighted by Gasteiger charge is 2.11. The quantitative estimate of drug-likeness (QED) is 0.705. The molecule has 0 spiro atoms. The molecule has 0 radical (unpaired) electrons. The SMILES string of the molecule is CCCNCc1cnc(N(C)C(C)CCSC)nc1. The summed E-state index contributed by atoms with van der Waals surface area (Å²) in [5, 5.41) is 3.35. The van der Waals surface area contributed by atoms with Gasteiger partial charge in [0.2, 0.25) is 5.95 Å². The maximum absolute atomic E-state index is 4.45. The number of aromatic nitrogens is 2. The third-order valence-corrected chi connectivity index (χ3v) is 3.81. The van der Waals surface area contributed by atoms with Gasteiger partial charge in [-0.3, -0.25) is 0 Å². The molecule has 0 fully saturated rings. The van der Waals surface area contributed by atoms with Crippen LogP contribution in [0.4, 0.5) is 5.95 Å². The molecule has 0 amide bonds. The van der Waals surface area contributed by atoms with Gasteiger partial charge in [-0.05, 0) is 38.3 Å². The van der Waals surface area contributed by atoms with Gasteiger partial charge in [-0.2, -0.15) is 11.8 Å². The summed E-state index contributed by atoms with van der Waals surface area (Å²) in [6.07, 6.45) is 8.28. The van der Waals surface area contributed by atoms with Crippen LogP contribution in [0, 0.1) is 0 Å². The topological polar surface area (TPSA) is 41.1 Å². The summed E-state index contributed by atoms with van der Waals surface area (Å²) in [4.78, 5) is 11.1. The van der Waals surface area contributed by atoms with Gasteiger partial charge < -0.3 is 10.2 Å². The molecule has 0 aliphatic carbocycles. The van der Waals surface area contributed by atoms with Crippen LogP contribution in [0.5, 0.6) is 0 Å². The molecule has 1 aromatic heterocycles. The summed E-state index contributed by atoms with van der Waals surface area (Å²) in [6, 6.07) is 0.469. The number of hydrogen-bond acceptors (Lipinski definition) is 5. The molecule has 1 aromatic rings. The second-order valence-corrected chi connectivity index (χ2v) is 5.80. The molecule has 1 atom stereocenters. The van der Waals surface area contributed by atoms with Gasteiger partial charge >= 0.3 is 0 Å². The smallest absolute Gasteiger partial charge is 0.225 e. The second-order valence-electron chi connectivity index (χ2n) is 4.81. The lowest BCUT2D eigenvalue weighted by Crippen LogP contribution is -2.31. The number of rotatable bonds is 9. The summed E-state index contributed by atoms with van der Waals surface area (Å²) in [6.45, 7) is 6.26. The van der Waals surface area contributed by atoms with Crippen molar-refractivity contribution in [3.63, 3.8) is 0 Å². The molecular weight excluding hydrogens is 256 g/mol. The predicted molar refractivity (Wildman–Crippen MR) is 84.9 cm³/mol. The number of anilines is 1. The van der Waals surface area contributed by atoms with Crippen LogP contribution in [0.1, 0.15) is 32.3 Å². The Kier molecular flexibility index (Phi) is 7.82. The van der Waals surface area contributed by atoms with Crippen molar-refractivity contribution in [3.05, 3.63) is 18.0 Å². The van der Waals surface area contributed by atoms with E-state index in [2.05, 4.69) is 47.3 Å². The van der Waals surface area contributed by atoms with Gasteiger partial charge in [0.25, 0.3) is 0 Å². The molecule has 19 heavy (non-hydrogen) atoms. The van der Waals surface area contributed by atoms with Crippen LogP contribution in [0.15, 0.2) is 12.4 Å². The lowest BCUT2D eigenvalue weighted by molar-refractivity contribution is 0.648. The lowest BCUT2D eigenvalue weighted by Gasteiger charge is -2.24. The van der Waals surface area contributed by atoms with E-state index < -0.39 is 0 Å². The summed E-state index contributed by atoms with van der Waals surface area (Å²) in [7, 11) is 2.06. The van der Waals surface area contributed by atoms with Gasteiger partial charge in [0.05, 0.1) is 0 Å². The maximum Gasteiger partial charge on any atom is 0.225 e. The van der Waals surface area contributed by atoms with Gasteiger partial charge in [0.1, 0.15) is 0 Å². The number of nitrogens with one attached hydrogen (secondary N) is 1. The summed E-state index contributed by atoms with van der Waals surface area (Å²) >= 11 is 1.88. The minimum Gasteiger partial charge on any atom is -0.341 e. The molecule has 0 aliphatic heterocycles. The zero-order valence-corrected chi connectivity index (χ0v) is 13.3. The first-order chi connectivity index (χ1) is 9.19. The molecule has 1 N–H and O–H groups in total. The van der Waals surface area contributed by atoms with E-state index in [1.807, 2.05) is 24.2 Å². The van der Waals surface area contributed by atoms with E-state index in [1.165, 1.54) is 5.75 Å². The third kappa shape index (κ3) is 5.78. The number of hydrogen-bond donors (Lipinski definition) is 1. The molecule has 0 aliphatic rings. The first-order valence-corrected chi connectivity index (χ1v) is 8.31. The van der Waals surface area contributed by atoms with Gasteiger partial charge in [0.15, 0.2) is 0 Å². The highest BCUT2D eigenvalue weighted by molar-refractivity contribution is 7.98. The van der Waals surface area contributed by atoms with Crippen LogP contribution < -0.4 is 10.2 Å². The first kappa shape index (κ1) is 16.2. The van der Waals surface area contributed by atoms with Gasteiger partial charge in [0, 0.05) is 37.6 Å². The fourth-order valence-electron chi connectivity index (χ4n) is 1.71. The largest absolute Gasteiger partial charge is 0.341 e. The first-order valence-electron chi connectivity index (χ1n) is 6.92. The molecule has 1 rings (SSSR count). The monoisotopic (exact) mass is 282 g/mol. The molecule has 1 unspecified atom stereocenters. The molecular formula is C14H26N4S. The summed E-state index contributed by atoms with van der Waals surface area (Å²) in [5.74, 6) is 1.98.